The average Bonchev–Trinajstić information content (AvgIpc) is 2.81. The number of carbonyl (C=O) groups is 2. The van der Waals surface area contributed by atoms with Crippen LogP contribution in [0.25, 0.3) is 0 Å². The molecule has 2 aromatic rings. The van der Waals surface area contributed by atoms with Crippen LogP contribution in [-0.2, 0) is 22.6 Å². The second kappa shape index (κ2) is 8.71. The van der Waals surface area contributed by atoms with Crippen LogP contribution in [0, 0.1) is 0 Å². The highest BCUT2D eigenvalue weighted by atomic mass is 16.2. The Kier molecular flexibility index (Phi) is 5.64. The van der Waals surface area contributed by atoms with Crippen molar-refractivity contribution in [2.75, 3.05) is 29.9 Å². The van der Waals surface area contributed by atoms with Gasteiger partial charge in [0.2, 0.25) is 11.8 Å². The zero-order valence-corrected chi connectivity index (χ0v) is 17.8. The first kappa shape index (κ1) is 20.1. The first-order valence-corrected chi connectivity index (χ1v) is 11.4. The van der Waals surface area contributed by atoms with Crippen molar-refractivity contribution in [3.05, 3.63) is 59.2 Å². The lowest BCUT2D eigenvalue weighted by molar-refractivity contribution is -0.133. The third-order valence-corrected chi connectivity index (χ3v) is 6.90. The molecule has 3 aliphatic rings. The molecule has 6 nitrogen and oxygen atoms in total. The Labute approximate surface area is 183 Å². The van der Waals surface area contributed by atoms with Gasteiger partial charge in [0, 0.05) is 37.4 Å². The van der Waals surface area contributed by atoms with Gasteiger partial charge < -0.3 is 15.5 Å². The molecule has 5 rings (SSSR count). The molecule has 2 saturated heterocycles. The summed E-state index contributed by atoms with van der Waals surface area (Å²) in [6.07, 6.45) is 4.36. The molecule has 31 heavy (non-hydrogen) atoms. The highest BCUT2D eigenvalue weighted by Gasteiger charge is 2.26. The first-order chi connectivity index (χ1) is 15.2. The number of fused-ring (bicyclic) bond motifs is 1. The van der Waals surface area contributed by atoms with Gasteiger partial charge in [0.05, 0.1) is 0 Å². The van der Waals surface area contributed by atoms with Crippen LogP contribution in [-0.4, -0.2) is 37.5 Å². The number of hydrogen-bond acceptors (Lipinski definition) is 5. The van der Waals surface area contributed by atoms with Crippen molar-refractivity contribution in [2.45, 2.75) is 50.6 Å². The fourth-order valence-corrected chi connectivity index (χ4v) is 5.02. The molecule has 0 bridgehead atoms. The van der Waals surface area contributed by atoms with E-state index in [1.807, 2.05) is 0 Å². The second-order valence-corrected chi connectivity index (χ2v) is 8.91. The summed E-state index contributed by atoms with van der Waals surface area (Å²) in [6.45, 7) is 4.23. The van der Waals surface area contributed by atoms with Gasteiger partial charge in [-0.1, -0.05) is 18.2 Å². The van der Waals surface area contributed by atoms with Crippen molar-refractivity contribution in [2.24, 2.45) is 0 Å². The molecule has 2 aromatic carbocycles. The SMILES string of the molecule is O=C1CCC(Nc2ccc(C3CCN(c4ccc5c(c4)CCNC5)CC3)cc2)C(=O)N1. The Morgan fingerprint density at radius 2 is 1.71 bits per heavy atom. The van der Waals surface area contributed by atoms with Crippen LogP contribution < -0.4 is 20.9 Å². The van der Waals surface area contributed by atoms with Gasteiger partial charge in [0.15, 0.2) is 0 Å². The summed E-state index contributed by atoms with van der Waals surface area (Å²) in [6, 6.07) is 15.1. The zero-order valence-electron chi connectivity index (χ0n) is 17.8. The molecule has 0 aromatic heterocycles. The zero-order chi connectivity index (χ0) is 21.2. The minimum absolute atomic E-state index is 0.183. The monoisotopic (exact) mass is 418 g/mol. The summed E-state index contributed by atoms with van der Waals surface area (Å²) < 4.78 is 0. The standard InChI is InChI=1S/C25H30N4O2/c30-24-8-7-23(25(31)28-24)27-21-4-1-17(2-5-21)18-10-13-29(14-11-18)22-6-3-20-16-26-12-9-19(20)15-22/h1-6,15,18,23,26-27H,7-14,16H2,(H,28,30,31). The van der Waals surface area contributed by atoms with Crippen molar-refractivity contribution in [3.8, 4) is 0 Å². The van der Waals surface area contributed by atoms with Crippen LogP contribution in [0.4, 0.5) is 11.4 Å². The number of amides is 2. The number of nitrogens with zero attached hydrogens (tertiary/aromatic N) is 1. The molecule has 0 spiro atoms. The molecular formula is C25H30N4O2. The maximum absolute atomic E-state index is 11.9. The van der Waals surface area contributed by atoms with E-state index in [2.05, 4.69) is 63.3 Å². The van der Waals surface area contributed by atoms with E-state index < -0.39 is 0 Å². The minimum atomic E-state index is -0.334. The number of anilines is 2. The smallest absolute Gasteiger partial charge is 0.249 e. The molecule has 2 amide bonds. The van der Waals surface area contributed by atoms with Crippen molar-refractivity contribution in [1.29, 1.82) is 0 Å². The Bertz CT molecular complexity index is 964. The third-order valence-electron chi connectivity index (χ3n) is 6.90. The predicted molar refractivity (Wildman–Crippen MR) is 122 cm³/mol. The summed E-state index contributed by atoms with van der Waals surface area (Å²) in [5.41, 5.74) is 6.60. The normalized spacial score (nSPS) is 22.1. The van der Waals surface area contributed by atoms with Gasteiger partial charge in [0.25, 0.3) is 0 Å². The summed E-state index contributed by atoms with van der Waals surface area (Å²) >= 11 is 0. The topological polar surface area (TPSA) is 73.5 Å². The van der Waals surface area contributed by atoms with Crippen molar-refractivity contribution >= 4 is 23.2 Å². The largest absolute Gasteiger partial charge is 0.374 e. The molecule has 1 unspecified atom stereocenters. The van der Waals surface area contributed by atoms with E-state index in [0.717, 1.165) is 51.1 Å². The van der Waals surface area contributed by atoms with Crippen molar-refractivity contribution in [1.82, 2.24) is 10.6 Å². The van der Waals surface area contributed by atoms with Gasteiger partial charge in [-0.05, 0) is 79.1 Å². The number of piperidine rings is 2. The van der Waals surface area contributed by atoms with Crippen LogP contribution >= 0.6 is 0 Å². The molecule has 0 saturated carbocycles. The van der Waals surface area contributed by atoms with Gasteiger partial charge in [-0.25, -0.2) is 0 Å². The second-order valence-electron chi connectivity index (χ2n) is 8.91. The van der Waals surface area contributed by atoms with Crippen LogP contribution in [0.1, 0.15) is 48.3 Å². The number of benzene rings is 2. The van der Waals surface area contributed by atoms with Gasteiger partial charge in [-0.15, -0.1) is 0 Å². The molecular weight excluding hydrogens is 388 g/mol. The quantitative estimate of drug-likeness (QED) is 0.666. The number of imide groups is 1. The average molecular weight is 419 g/mol. The molecule has 162 valence electrons. The van der Waals surface area contributed by atoms with Gasteiger partial charge in [0.1, 0.15) is 6.04 Å². The van der Waals surface area contributed by atoms with E-state index in [1.165, 1.54) is 22.4 Å². The first-order valence-electron chi connectivity index (χ1n) is 11.4. The molecule has 3 heterocycles. The molecule has 3 aliphatic heterocycles. The van der Waals surface area contributed by atoms with E-state index >= 15 is 0 Å². The lowest BCUT2D eigenvalue weighted by Gasteiger charge is -2.34. The summed E-state index contributed by atoms with van der Waals surface area (Å²) in [5.74, 6) is 0.158. The van der Waals surface area contributed by atoms with Crippen molar-refractivity contribution in [3.63, 3.8) is 0 Å². The Balaban J connectivity index is 1.17. The minimum Gasteiger partial charge on any atom is -0.374 e. The molecule has 2 fully saturated rings. The van der Waals surface area contributed by atoms with Crippen LogP contribution in [0.2, 0.25) is 0 Å². The summed E-state index contributed by atoms with van der Waals surface area (Å²) in [5, 5.41) is 9.10. The third kappa shape index (κ3) is 4.44. The number of hydrogen-bond donors (Lipinski definition) is 3. The van der Waals surface area contributed by atoms with E-state index in [0.29, 0.717) is 18.8 Å². The Morgan fingerprint density at radius 3 is 2.48 bits per heavy atom. The van der Waals surface area contributed by atoms with Gasteiger partial charge >= 0.3 is 0 Å². The van der Waals surface area contributed by atoms with Crippen molar-refractivity contribution < 1.29 is 9.59 Å². The molecule has 3 N–H and O–H groups in total. The van der Waals surface area contributed by atoms with Crippen LogP contribution in [0.5, 0.6) is 0 Å². The summed E-state index contributed by atoms with van der Waals surface area (Å²) in [4.78, 5) is 25.8. The molecule has 0 aliphatic carbocycles. The van der Waals surface area contributed by atoms with E-state index in [-0.39, 0.29) is 17.9 Å². The predicted octanol–water partition coefficient (Wildman–Crippen LogP) is 2.93. The number of rotatable bonds is 4. The number of nitrogens with one attached hydrogen (secondary N) is 3. The highest BCUT2D eigenvalue weighted by molar-refractivity contribution is 6.01. The fraction of sp³-hybridized carbons (Fsp3) is 0.440. The maximum Gasteiger partial charge on any atom is 0.249 e. The lowest BCUT2D eigenvalue weighted by atomic mass is 9.89. The Morgan fingerprint density at radius 1 is 0.903 bits per heavy atom. The van der Waals surface area contributed by atoms with Crippen LogP contribution in [0.3, 0.4) is 0 Å². The maximum atomic E-state index is 11.9. The molecule has 0 radical (unpaired) electrons. The number of carbonyl (C=O) groups excluding carboxylic acids is 2. The van der Waals surface area contributed by atoms with Gasteiger partial charge in [-0.3, -0.25) is 14.9 Å². The fourth-order valence-electron chi connectivity index (χ4n) is 5.02. The van der Waals surface area contributed by atoms with E-state index in [1.54, 1.807) is 0 Å². The summed E-state index contributed by atoms with van der Waals surface area (Å²) in [7, 11) is 0. The molecule has 6 heteroatoms. The van der Waals surface area contributed by atoms with E-state index in [4.69, 9.17) is 0 Å². The van der Waals surface area contributed by atoms with E-state index in [9.17, 15) is 9.59 Å². The van der Waals surface area contributed by atoms with Crippen LogP contribution in [0.15, 0.2) is 42.5 Å². The highest BCUT2D eigenvalue weighted by Crippen LogP contribution is 2.32. The Hall–Kier alpha value is -2.86. The molecule has 1 atom stereocenters. The lowest BCUT2D eigenvalue weighted by Crippen LogP contribution is -2.47. The van der Waals surface area contributed by atoms with Gasteiger partial charge in [-0.2, -0.15) is 0 Å².